The summed E-state index contributed by atoms with van der Waals surface area (Å²) in [5, 5.41) is 0.655. The molecule has 2 rings (SSSR count). The first kappa shape index (κ1) is 13.2. The number of methoxy groups -OCH3 is 1. The molecule has 3 heteroatoms. The second kappa shape index (κ2) is 4.77. The van der Waals surface area contributed by atoms with E-state index >= 15 is 0 Å². The van der Waals surface area contributed by atoms with Crippen LogP contribution in [0.1, 0.15) is 32.3 Å². The Morgan fingerprint density at radius 2 is 2.00 bits per heavy atom. The lowest BCUT2D eigenvalue weighted by molar-refractivity contribution is -0.116. The van der Waals surface area contributed by atoms with Gasteiger partial charge < -0.3 is 4.74 Å². The van der Waals surface area contributed by atoms with Crippen molar-refractivity contribution in [2.75, 3.05) is 7.11 Å². The minimum atomic E-state index is -0.00546. The van der Waals surface area contributed by atoms with Gasteiger partial charge in [0.1, 0.15) is 5.75 Å². The van der Waals surface area contributed by atoms with E-state index in [0.717, 1.165) is 23.3 Å². The summed E-state index contributed by atoms with van der Waals surface area (Å²) in [4.78, 5) is 11.8. The van der Waals surface area contributed by atoms with Crippen LogP contribution in [0.4, 0.5) is 0 Å². The largest absolute Gasteiger partial charge is 0.496 e. The van der Waals surface area contributed by atoms with Crippen LogP contribution >= 0.6 is 11.6 Å². The van der Waals surface area contributed by atoms with Crippen molar-refractivity contribution < 1.29 is 9.53 Å². The molecular formula is C15H17ClO2. The highest BCUT2D eigenvalue weighted by molar-refractivity contribution is 6.30. The highest BCUT2D eigenvalue weighted by Crippen LogP contribution is 2.41. The molecule has 0 saturated heterocycles. The molecule has 18 heavy (non-hydrogen) atoms. The Bertz CT molecular complexity index is 515. The van der Waals surface area contributed by atoms with Gasteiger partial charge >= 0.3 is 0 Å². The van der Waals surface area contributed by atoms with Crippen LogP contribution in [0.3, 0.4) is 0 Å². The first-order valence-electron chi connectivity index (χ1n) is 5.99. The van der Waals surface area contributed by atoms with Crippen LogP contribution in [-0.2, 0) is 4.79 Å². The van der Waals surface area contributed by atoms with Crippen LogP contribution in [0, 0.1) is 5.41 Å². The van der Waals surface area contributed by atoms with Crippen molar-refractivity contribution in [1.82, 2.24) is 0 Å². The molecule has 0 bridgehead atoms. The number of allylic oxidation sites excluding steroid dienone is 2. The van der Waals surface area contributed by atoms with Gasteiger partial charge in [-0.2, -0.15) is 0 Å². The van der Waals surface area contributed by atoms with Gasteiger partial charge in [-0.3, -0.25) is 4.79 Å². The number of halogens is 1. The third kappa shape index (κ3) is 2.75. The summed E-state index contributed by atoms with van der Waals surface area (Å²) in [5.74, 6) is 0.930. The quantitative estimate of drug-likeness (QED) is 0.803. The van der Waals surface area contributed by atoms with Gasteiger partial charge in [0.2, 0.25) is 0 Å². The normalized spacial score (nSPS) is 18.4. The molecule has 1 aliphatic carbocycles. The smallest absolute Gasteiger partial charge is 0.156 e. The highest BCUT2D eigenvalue weighted by Gasteiger charge is 2.29. The number of hydrogen-bond acceptors (Lipinski definition) is 2. The Labute approximate surface area is 113 Å². The fourth-order valence-corrected chi connectivity index (χ4v) is 2.62. The molecule has 0 fully saturated rings. The van der Waals surface area contributed by atoms with Crippen molar-refractivity contribution in [3.63, 3.8) is 0 Å². The monoisotopic (exact) mass is 264 g/mol. The van der Waals surface area contributed by atoms with Crippen molar-refractivity contribution in [2.24, 2.45) is 5.41 Å². The van der Waals surface area contributed by atoms with Crippen molar-refractivity contribution >= 4 is 23.0 Å². The molecule has 0 aliphatic heterocycles. The fourth-order valence-electron chi connectivity index (χ4n) is 2.45. The Morgan fingerprint density at radius 1 is 1.28 bits per heavy atom. The maximum atomic E-state index is 11.8. The highest BCUT2D eigenvalue weighted by atomic mass is 35.5. The molecule has 1 aromatic rings. The predicted molar refractivity (Wildman–Crippen MR) is 74.0 cm³/mol. The van der Waals surface area contributed by atoms with Crippen molar-refractivity contribution in [2.45, 2.75) is 26.7 Å². The number of hydrogen-bond donors (Lipinski definition) is 0. The Hall–Kier alpha value is -1.28. The van der Waals surface area contributed by atoms with E-state index < -0.39 is 0 Å². The number of ketones is 1. The summed E-state index contributed by atoms with van der Waals surface area (Å²) >= 11 is 6.03. The Kier molecular flexibility index (Phi) is 3.49. The maximum absolute atomic E-state index is 11.8. The van der Waals surface area contributed by atoms with Crippen molar-refractivity contribution in [3.05, 3.63) is 34.9 Å². The lowest BCUT2D eigenvalue weighted by atomic mass is 9.75. The van der Waals surface area contributed by atoms with Crippen LogP contribution < -0.4 is 4.74 Å². The molecule has 1 aliphatic rings. The molecule has 96 valence electrons. The van der Waals surface area contributed by atoms with Crippen LogP contribution in [0.5, 0.6) is 5.75 Å². The molecule has 0 amide bonds. The zero-order valence-corrected chi connectivity index (χ0v) is 11.7. The third-order valence-corrected chi connectivity index (χ3v) is 3.40. The molecule has 0 unspecified atom stereocenters. The van der Waals surface area contributed by atoms with Gasteiger partial charge in [0.05, 0.1) is 7.11 Å². The van der Waals surface area contributed by atoms with Crippen molar-refractivity contribution in [1.29, 1.82) is 0 Å². The molecule has 0 atom stereocenters. The number of carbonyl (C=O) groups excluding carboxylic acids is 1. The number of benzene rings is 1. The van der Waals surface area contributed by atoms with Gasteiger partial charge in [0, 0.05) is 17.0 Å². The minimum absolute atomic E-state index is 0.00546. The standard InChI is InChI=1S/C15H17ClO2/c1-15(2)8-10(6-12(17)9-15)13-7-11(16)4-5-14(13)18-3/h4-7H,8-9H2,1-3H3. The van der Waals surface area contributed by atoms with Crippen LogP contribution in [0.25, 0.3) is 5.57 Å². The SMILES string of the molecule is COc1ccc(Cl)cc1C1=CC(=O)CC(C)(C)C1. The molecule has 0 spiro atoms. The second-order valence-corrected chi connectivity index (χ2v) is 5.93. The average Bonchev–Trinajstić information content (AvgIpc) is 2.26. The van der Waals surface area contributed by atoms with Gasteiger partial charge in [-0.05, 0) is 41.7 Å². The Balaban J connectivity index is 2.48. The topological polar surface area (TPSA) is 26.3 Å². The van der Waals surface area contributed by atoms with E-state index in [1.165, 1.54) is 0 Å². The lowest BCUT2D eigenvalue weighted by Crippen LogP contribution is -2.21. The van der Waals surface area contributed by atoms with E-state index in [1.54, 1.807) is 19.3 Å². The number of ether oxygens (including phenoxy) is 1. The molecular weight excluding hydrogens is 248 g/mol. The van der Waals surface area contributed by atoms with E-state index in [4.69, 9.17) is 16.3 Å². The van der Waals surface area contributed by atoms with E-state index in [0.29, 0.717) is 11.4 Å². The summed E-state index contributed by atoms with van der Waals surface area (Å²) in [7, 11) is 1.63. The van der Waals surface area contributed by atoms with Gasteiger partial charge in [0.25, 0.3) is 0 Å². The Morgan fingerprint density at radius 3 is 2.61 bits per heavy atom. The molecule has 0 saturated carbocycles. The molecule has 0 aromatic heterocycles. The number of carbonyl (C=O) groups is 1. The van der Waals surface area contributed by atoms with Crippen LogP contribution in [0.15, 0.2) is 24.3 Å². The fraction of sp³-hybridized carbons (Fsp3) is 0.400. The molecule has 1 aromatic carbocycles. The molecule has 2 nitrogen and oxygen atoms in total. The van der Waals surface area contributed by atoms with Gasteiger partial charge in [0.15, 0.2) is 5.78 Å². The summed E-state index contributed by atoms with van der Waals surface area (Å²) < 4.78 is 5.35. The maximum Gasteiger partial charge on any atom is 0.156 e. The van der Waals surface area contributed by atoms with Crippen LogP contribution in [0.2, 0.25) is 5.02 Å². The summed E-state index contributed by atoms with van der Waals surface area (Å²) in [5.41, 5.74) is 1.93. The van der Waals surface area contributed by atoms with E-state index in [1.807, 2.05) is 12.1 Å². The minimum Gasteiger partial charge on any atom is -0.496 e. The van der Waals surface area contributed by atoms with E-state index in [9.17, 15) is 4.79 Å². The van der Waals surface area contributed by atoms with Gasteiger partial charge in [-0.1, -0.05) is 25.4 Å². The first-order valence-corrected chi connectivity index (χ1v) is 6.36. The van der Waals surface area contributed by atoms with Gasteiger partial charge in [-0.15, -0.1) is 0 Å². The summed E-state index contributed by atoms with van der Waals surface area (Å²) in [6.45, 7) is 4.21. The van der Waals surface area contributed by atoms with Gasteiger partial charge in [-0.25, -0.2) is 0 Å². The average molecular weight is 265 g/mol. The lowest BCUT2D eigenvalue weighted by Gasteiger charge is -2.29. The zero-order chi connectivity index (χ0) is 13.3. The predicted octanol–water partition coefficient (Wildman–Crippen LogP) is 4.12. The molecule has 0 N–H and O–H groups in total. The summed E-state index contributed by atoms with van der Waals surface area (Å²) in [6, 6.07) is 5.49. The summed E-state index contributed by atoms with van der Waals surface area (Å²) in [6.07, 6.45) is 3.17. The molecule has 0 radical (unpaired) electrons. The second-order valence-electron chi connectivity index (χ2n) is 5.50. The van der Waals surface area contributed by atoms with Crippen LogP contribution in [-0.4, -0.2) is 12.9 Å². The van der Waals surface area contributed by atoms with E-state index in [-0.39, 0.29) is 11.2 Å². The molecule has 0 heterocycles. The third-order valence-electron chi connectivity index (χ3n) is 3.16. The number of rotatable bonds is 2. The first-order chi connectivity index (χ1) is 8.41. The zero-order valence-electron chi connectivity index (χ0n) is 10.9. The van der Waals surface area contributed by atoms with E-state index in [2.05, 4.69) is 13.8 Å². The van der Waals surface area contributed by atoms with Crippen molar-refractivity contribution in [3.8, 4) is 5.75 Å².